The lowest BCUT2D eigenvalue weighted by atomic mass is 10.1. The van der Waals surface area contributed by atoms with Gasteiger partial charge < -0.3 is 20.4 Å². The first-order chi connectivity index (χ1) is 12.6. The number of furan rings is 1. The van der Waals surface area contributed by atoms with Gasteiger partial charge in [0, 0.05) is 26.2 Å². The number of carbonyl (C=O) groups is 1. The fourth-order valence-electron chi connectivity index (χ4n) is 2.70. The topological polar surface area (TPSA) is 78.7 Å². The van der Waals surface area contributed by atoms with Crippen LogP contribution in [-0.4, -0.2) is 38.0 Å². The summed E-state index contributed by atoms with van der Waals surface area (Å²) in [6.07, 6.45) is 2.38. The van der Waals surface area contributed by atoms with Crippen LogP contribution in [0.2, 0.25) is 0 Å². The van der Waals surface area contributed by atoms with Gasteiger partial charge in [0.05, 0.1) is 6.26 Å². The molecule has 0 fully saturated rings. The second kappa shape index (κ2) is 12.4. The summed E-state index contributed by atoms with van der Waals surface area (Å²) >= 11 is 0. The predicted octanol–water partition coefficient (Wildman–Crippen LogP) is 3.04. The van der Waals surface area contributed by atoms with E-state index in [1.807, 2.05) is 6.92 Å². The molecule has 0 aliphatic heterocycles. The van der Waals surface area contributed by atoms with E-state index in [4.69, 9.17) is 4.42 Å². The molecule has 1 aromatic carbocycles. The molecule has 27 heavy (non-hydrogen) atoms. The van der Waals surface area contributed by atoms with Gasteiger partial charge in [0.2, 0.25) is 0 Å². The molecular formula is C20H29IN4O2. The zero-order chi connectivity index (χ0) is 18.8. The Morgan fingerprint density at radius 1 is 1.07 bits per heavy atom. The van der Waals surface area contributed by atoms with E-state index < -0.39 is 0 Å². The maximum absolute atomic E-state index is 11.8. The highest BCUT2D eigenvalue weighted by molar-refractivity contribution is 14.0. The monoisotopic (exact) mass is 484 g/mol. The lowest BCUT2D eigenvalue weighted by Crippen LogP contribution is -2.41. The number of aryl methyl sites for hydroxylation is 2. The fourth-order valence-corrected chi connectivity index (χ4v) is 2.70. The van der Waals surface area contributed by atoms with E-state index in [1.54, 1.807) is 12.1 Å². The van der Waals surface area contributed by atoms with Crippen LogP contribution in [0.5, 0.6) is 0 Å². The number of aliphatic imine (C=N–C) groups is 1. The van der Waals surface area contributed by atoms with Gasteiger partial charge in [-0.3, -0.25) is 9.79 Å². The summed E-state index contributed by atoms with van der Waals surface area (Å²) in [7, 11) is 0. The Morgan fingerprint density at radius 2 is 1.78 bits per heavy atom. The molecule has 7 heteroatoms. The zero-order valence-electron chi connectivity index (χ0n) is 16.2. The number of benzene rings is 1. The van der Waals surface area contributed by atoms with Gasteiger partial charge in [-0.25, -0.2) is 0 Å². The molecule has 0 aliphatic carbocycles. The van der Waals surface area contributed by atoms with Crippen molar-refractivity contribution in [3.05, 3.63) is 59.0 Å². The van der Waals surface area contributed by atoms with E-state index in [9.17, 15) is 4.79 Å². The Hall–Kier alpha value is -2.03. The molecule has 0 atom stereocenters. The van der Waals surface area contributed by atoms with Crippen molar-refractivity contribution in [3.63, 3.8) is 0 Å². The lowest BCUT2D eigenvalue weighted by molar-refractivity contribution is 0.0926. The van der Waals surface area contributed by atoms with Gasteiger partial charge in [-0.05, 0) is 44.9 Å². The summed E-state index contributed by atoms with van der Waals surface area (Å²) in [5.41, 5.74) is 3.86. The Labute approximate surface area is 178 Å². The molecule has 0 saturated heterocycles. The first-order valence-corrected chi connectivity index (χ1v) is 8.99. The Bertz CT molecular complexity index is 709. The van der Waals surface area contributed by atoms with Gasteiger partial charge in [0.1, 0.15) is 0 Å². The molecular weight excluding hydrogens is 455 g/mol. The molecule has 148 valence electrons. The number of carbonyl (C=O) groups excluding carboxylic acids is 1. The smallest absolute Gasteiger partial charge is 0.287 e. The van der Waals surface area contributed by atoms with Gasteiger partial charge in [0.15, 0.2) is 11.7 Å². The summed E-state index contributed by atoms with van der Waals surface area (Å²) in [6, 6.07) is 9.91. The van der Waals surface area contributed by atoms with Crippen LogP contribution in [-0.2, 0) is 6.42 Å². The number of nitrogens with zero attached hydrogens (tertiary/aromatic N) is 1. The van der Waals surface area contributed by atoms with Crippen LogP contribution in [0.25, 0.3) is 0 Å². The van der Waals surface area contributed by atoms with Gasteiger partial charge in [-0.1, -0.05) is 29.3 Å². The molecule has 0 aliphatic rings. The average molecular weight is 484 g/mol. The largest absolute Gasteiger partial charge is 0.459 e. The van der Waals surface area contributed by atoms with Crippen LogP contribution in [0.3, 0.4) is 0 Å². The Morgan fingerprint density at radius 3 is 2.41 bits per heavy atom. The van der Waals surface area contributed by atoms with Crippen molar-refractivity contribution in [2.45, 2.75) is 27.2 Å². The third-order valence-corrected chi connectivity index (χ3v) is 3.74. The van der Waals surface area contributed by atoms with Crippen molar-refractivity contribution >= 4 is 35.8 Å². The number of halogens is 1. The van der Waals surface area contributed by atoms with E-state index in [-0.39, 0.29) is 29.9 Å². The Balaban J connectivity index is 0.00000364. The first kappa shape index (κ1) is 23.0. The lowest BCUT2D eigenvalue weighted by Gasteiger charge is -2.11. The summed E-state index contributed by atoms with van der Waals surface area (Å²) in [5, 5.41) is 9.24. The highest BCUT2D eigenvalue weighted by Crippen LogP contribution is 2.09. The number of nitrogens with one attached hydrogen (secondary N) is 3. The zero-order valence-corrected chi connectivity index (χ0v) is 18.5. The van der Waals surface area contributed by atoms with Gasteiger partial charge in [-0.2, -0.15) is 0 Å². The van der Waals surface area contributed by atoms with Crippen molar-refractivity contribution in [2.24, 2.45) is 4.99 Å². The minimum Gasteiger partial charge on any atom is -0.459 e. The molecule has 0 radical (unpaired) electrons. The molecule has 1 amide bonds. The first-order valence-electron chi connectivity index (χ1n) is 8.99. The van der Waals surface area contributed by atoms with Crippen LogP contribution < -0.4 is 16.0 Å². The number of rotatable bonds is 8. The van der Waals surface area contributed by atoms with Crippen molar-refractivity contribution in [1.82, 2.24) is 16.0 Å². The highest BCUT2D eigenvalue weighted by atomic mass is 127. The van der Waals surface area contributed by atoms with Crippen molar-refractivity contribution in [1.29, 1.82) is 0 Å². The molecule has 0 unspecified atom stereocenters. The number of hydrogen-bond acceptors (Lipinski definition) is 3. The average Bonchev–Trinajstić information content (AvgIpc) is 3.12. The van der Waals surface area contributed by atoms with Gasteiger partial charge >= 0.3 is 0 Å². The molecule has 2 rings (SSSR count). The summed E-state index contributed by atoms with van der Waals surface area (Å²) in [5.74, 6) is 0.858. The molecule has 6 nitrogen and oxygen atoms in total. The van der Waals surface area contributed by atoms with Crippen molar-refractivity contribution in [3.8, 4) is 0 Å². The van der Waals surface area contributed by atoms with E-state index in [0.29, 0.717) is 25.4 Å². The maximum Gasteiger partial charge on any atom is 0.287 e. The van der Waals surface area contributed by atoms with Crippen LogP contribution in [0.4, 0.5) is 0 Å². The molecule has 0 saturated carbocycles. The third kappa shape index (κ3) is 8.47. The molecule has 3 N–H and O–H groups in total. The molecule has 1 heterocycles. The summed E-state index contributed by atoms with van der Waals surface area (Å²) in [4.78, 5) is 16.4. The predicted molar refractivity (Wildman–Crippen MR) is 120 cm³/mol. The number of amides is 1. The number of hydrogen-bond donors (Lipinski definition) is 3. The minimum absolute atomic E-state index is 0. The van der Waals surface area contributed by atoms with E-state index in [2.05, 4.69) is 53.0 Å². The van der Waals surface area contributed by atoms with E-state index in [1.165, 1.54) is 23.0 Å². The molecule has 0 bridgehead atoms. The standard InChI is InChI=1S/C20H28N4O2.HI/c1-4-21-20(23-8-7-17-13-15(2)12-16(3)14-17)24-10-9-22-19(25)18-6-5-11-26-18;/h5-6,11-14H,4,7-10H2,1-3H3,(H,22,25)(H2,21,23,24);1H. The summed E-state index contributed by atoms with van der Waals surface area (Å²) < 4.78 is 5.06. The van der Waals surface area contributed by atoms with E-state index >= 15 is 0 Å². The van der Waals surface area contributed by atoms with Crippen LogP contribution in [0.15, 0.2) is 46.0 Å². The number of guanidine groups is 1. The second-order valence-electron chi connectivity index (χ2n) is 6.17. The Kier molecular flexibility index (Phi) is 10.5. The van der Waals surface area contributed by atoms with Crippen molar-refractivity contribution in [2.75, 3.05) is 26.2 Å². The molecule has 2 aromatic rings. The van der Waals surface area contributed by atoms with Crippen LogP contribution in [0.1, 0.15) is 34.2 Å². The van der Waals surface area contributed by atoms with Gasteiger partial charge in [0.25, 0.3) is 5.91 Å². The normalized spacial score (nSPS) is 10.9. The molecule has 1 aromatic heterocycles. The quantitative estimate of drug-likeness (QED) is 0.233. The highest BCUT2D eigenvalue weighted by Gasteiger charge is 2.06. The van der Waals surface area contributed by atoms with Crippen LogP contribution in [0, 0.1) is 13.8 Å². The SMILES string of the molecule is CCNC(=NCCc1cc(C)cc(C)c1)NCCNC(=O)c1ccco1.I. The van der Waals surface area contributed by atoms with Crippen LogP contribution >= 0.6 is 24.0 Å². The second-order valence-corrected chi connectivity index (χ2v) is 6.17. The third-order valence-electron chi connectivity index (χ3n) is 3.74. The van der Waals surface area contributed by atoms with Gasteiger partial charge in [-0.15, -0.1) is 24.0 Å². The fraction of sp³-hybridized carbons (Fsp3) is 0.400. The maximum atomic E-state index is 11.8. The minimum atomic E-state index is -0.214. The van der Waals surface area contributed by atoms with Crippen molar-refractivity contribution < 1.29 is 9.21 Å². The van der Waals surface area contributed by atoms with E-state index in [0.717, 1.165) is 18.9 Å². The molecule has 0 spiro atoms. The summed E-state index contributed by atoms with van der Waals surface area (Å²) in [6.45, 7) is 8.82.